The average molecular weight is 414 g/mol. The van der Waals surface area contributed by atoms with E-state index in [4.69, 9.17) is 22.1 Å². The minimum atomic E-state index is -4.56. The summed E-state index contributed by atoms with van der Waals surface area (Å²) in [5.74, 6) is -0.240. The van der Waals surface area contributed by atoms with Crippen LogP contribution >= 0.6 is 24.0 Å². The van der Waals surface area contributed by atoms with Crippen LogP contribution in [0.2, 0.25) is 5.02 Å². The molecule has 26 heavy (non-hydrogen) atoms. The minimum Gasteiger partial charge on any atom is -0.364 e. The first kappa shape index (κ1) is 20.7. The highest BCUT2D eigenvalue weighted by atomic mass is 35.5. The third kappa shape index (κ3) is 4.20. The molecule has 0 radical (unpaired) electrons. The molecule has 2 atom stereocenters. The lowest BCUT2D eigenvalue weighted by Gasteiger charge is -2.12. The third-order valence-electron chi connectivity index (χ3n) is 3.94. The van der Waals surface area contributed by atoms with Crippen LogP contribution in [-0.4, -0.2) is 39.3 Å². The van der Waals surface area contributed by atoms with E-state index in [0.717, 1.165) is 16.7 Å². The molecule has 0 spiro atoms. The average Bonchev–Trinajstić information content (AvgIpc) is 3.19. The quantitative estimate of drug-likeness (QED) is 0.798. The van der Waals surface area contributed by atoms with Gasteiger partial charge in [0.2, 0.25) is 5.91 Å². The molecule has 0 aliphatic carbocycles. The Morgan fingerprint density at radius 3 is 2.77 bits per heavy atom. The van der Waals surface area contributed by atoms with Crippen LogP contribution < -0.4 is 11.1 Å². The summed E-state index contributed by atoms with van der Waals surface area (Å²) in [5, 5.41) is 9.96. The van der Waals surface area contributed by atoms with E-state index in [1.165, 1.54) is 0 Å². The molecule has 3 N–H and O–H groups in total. The molecule has 2 aromatic heterocycles. The molecule has 1 aliphatic rings. The largest absolute Gasteiger partial charge is 0.417 e. The fraction of sp³-hybridized carbons (Fsp3) is 0.500. The molecule has 0 aromatic carbocycles. The SMILES string of the molecule is Cl.NC[C@H]1CC[C@@H](C(=O)NCc2nnc3c(Cl)cc(C(F)(F)F)cn23)O1. The lowest BCUT2D eigenvalue weighted by molar-refractivity contribution is -0.138. The summed E-state index contributed by atoms with van der Waals surface area (Å²) in [6, 6.07) is 0.785. The molecule has 0 bridgehead atoms. The number of alkyl halides is 3. The molecule has 0 saturated carbocycles. The number of pyridine rings is 1. The van der Waals surface area contributed by atoms with Crippen LogP contribution in [0.5, 0.6) is 0 Å². The second-order valence-electron chi connectivity index (χ2n) is 5.66. The highest BCUT2D eigenvalue weighted by molar-refractivity contribution is 6.33. The number of hydrogen-bond donors (Lipinski definition) is 2. The van der Waals surface area contributed by atoms with Crippen LogP contribution in [0.1, 0.15) is 24.2 Å². The van der Waals surface area contributed by atoms with Gasteiger partial charge in [-0.2, -0.15) is 13.2 Å². The fourth-order valence-corrected chi connectivity index (χ4v) is 2.87. The minimum absolute atomic E-state index is 0. The van der Waals surface area contributed by atoms with Crippen LogP contribution in [0, 0.1) is 0 Å². The van der Waals surface area contributed by atoms with Gasteiger partial charge in [-0.25, -0.2) is 0 Å². The standard InChI is InChI=1S/C14H15ClF3N5O2.ClH/c15-9-3-7(14(16,17)18)6-23-11(21-22-12(9)23)5-20-13(24)10-2-1-8(4-19)25-10;/h3,6,8,10H,1-2,4-5,19H2,(H,20,24);1H/t8-,10+;/m1./s1. The van der Waals surface area contributed by atoms with Crippen molar-refractivity contribution in [2.45, 2.75) is 37.8 Å². The lowest BCUT2D eigenvalue weighted by atomic mass is 10.2. The Kier molecular flexibility index (Phi) is 6.33. The van der Waals surface area contributed by atoms with Gasteiger partial charge < -0.3 is 15.8 Å². The van der Waals surface area contributed by atoms with Crippen LogP contribution in [0.15, 0.2) is 12.3 Å². The first-order valence-corrected chi connectivity index (χ1v) is 7.91. The van der Waals surface area contributed by atoms with Crippen molar-refractivity contribution in [1.29, 1.82) is 0 Å². The van der Waals surface area contributed by atoms with Crippen molar-refractivity contribution in [2.75, 3.05) is 6.54 Å². The van der Waals surface area contributed by atoms with Gasteiger partial charge in [-0.15, -0.1) is 22.6 Å². The zero-order valence-corrected chi connectivity index (χ0v) is 14.9. The van der Waals surface area contributed by atoms with Crippen LogP contribution in [-0.2, 0) is 22.3 Å². The number of halogens is 5. The lowest BCUT2D eigenvalue weighted by Crippen LogP contribution is -2.35. The molecule has 12 heteroatoms. The number of ether oxygens (including phenoxy) is 1. The molecular weight excluding hydrogens is 398 g/mol. The molecule has 1 amide bonds. The predicted molar refractivity (Wildman–Crippen MR) is 89.0 cm³/mol. The number of aromatic nitrogens is 3. The van der Waals surface area contributed by atoms with Crippen molar-refractivity contribution in [3.63, 3.8) is 0 Å². The Labute approximate surface area is 157 Å². The topological polar surface area (TPSA) is 94.5 Å². The molecule has 0 unspecified atom stereocenters. The number of fused-ring (bicyclic) bond motifs is 1. The summed E-state index contributed by atoms with van der Waals surface area (Å²) in [6.07, 6.45) is -3.26. The number of nitrogens with one attached hydrogen (secondary N) is 1. The predicted octanol–water partition coefficient (Wildman–Crippen LogP) is 1.95. The molecular formula is C14H16Cl2F3N5O2. The van der Waals surface area contributed by atoms with Gasteiger partial charge in [0.25, 0.3) is 0 Å². The summed E-state index contributed by atoms with van der Waals surface area (Å²) in [6.45, 7) is 0.224. The molecule has 3 heterocycles. The number of amides is 1. The number of hydrogen-bond acceptors (Lipinski definition) is 5. The molecule has 7 nitrogen and oxygen atoms in total. The summed E-state index contributed by atoms with van der Waals surface area (Å²) >= 11 is 5.84. The summed E-state index contributed by atoms with van der Waals surface area (Å²) in [7, 11) is 0. The Bertz CT molecular complexity index is 799. The Morgan fingerprint density at radius 1 is 1.42 bits per heavy atom. The smallest absolute Gasteiger partial charge is 0.364 e. The van der Waals surface area contributed by atoms with Crippen LogP contribution in [0.3, 0.4) is 0 Å². The van der Waals surface area contributed by atoms with Gasteiger partial charge in [-0.1, -0.05) is 11.6 Å². The Balaban J connectivity index is 0.00000243. The summed E-state index contributed by atoms with van der Waals surface area (Å²) in [5.41, 5.74) is 4.64. The van der Waals surface area contributed by atoms with Gasteiger partial charge in [-0.05, 0) is 18.9 Å². The number of nitrogens with two attached hydrogens (primary N) is 1. The molecule has 3 rings (SSSR count). The van der Waals surface area contributed by atoms with Crippen LogP contribution in [0.4, 0.5) is 13.2 Å². The first-order chi connectivity index (χ1) is 11.8. The first-order valence-electron chi connectivity index (χ1n) is 7.53. The molecule has 2 aromatic rings. The normalized spacial score (nSPS) is 20.2. The maximum atomic E-state index is 12.9. The number of nitrogens with zero attached hydrogens (tertiary/aromatic N) is 3. The maximum absolute atomic E-state index is 12.9. The monoisotopic (exact) mass is 413 g/mol. The molecule has 1 saturated heterocycles. The highest BCUT2D eigenvalue weighted by Crippen LogP contribution is 2.32. The summed E-state index contributed by atoms with van der Waals surface area (Å²) < 4.78 is 45.3. The van der Waals surface area contributed by atoms with Crippen molar-refractivity contribution < 1.29 is 22.7 Å². The molecule has 1 aliphatic heterocycles. The molecule has 144 valence electrons. The Hall–Kier alpha value is -1.62. The van der Waals surface area contributed by atoms with E-state index >= 15 is 0 Å². The fourth-order valence-electron chi connectivity index (χ4n) is 2.63. The molecule has 1 fully saturated rings. The highest BCUT2D eigenvalue weighted by Gasteiger charge is 2.33. The zero-order valence-electron chi connectivity index (χ0n) is 13.3. The van der Waals surface area contributed by atoms with E-state index in [1.54, 1.807) is 0 Å². The third-order valence-corrected chi connectivity index (χ3v) is 4.22. The number of carbonyl (C=O) groups excluding carboxylic acids is 1. The van der Waals surface area contributed by atoms with Crippen LogP contribution in [0.25, 0.3) is 5.65 Å². The van der Waals surface area contributed by atoms with Crippen molar-refractivity contribution in [3.8, 4) is 0 Å². The van der Waals surface area contributed by atoms with Gasteiger partial charge in [0.05, 0.1) is 23.2 Å². The van der Waals surface area contributed by atoms with E-state index in [9.17, 15) is 18.0 Å². The van der Waals surface area contributed by atoms with Crippen molar-refractivity contribution in [1.82, 2.24) is 19.9 Å². The second kappa shape index (κ2) is 7.95. The maximum Gasteiger partial charge on any atom is 0.417 e. The van der Waals surface area contributed by atoms with Gasteiger partial charge in [0.15, 0.2) is 11.5 Å². The Morgan fingerprint density at radius 2 is 2.15 bits per heavy atom. The van der Waals surface area contributed by atoms with Crippen molar-refractivity contribution >= 4 is 35.6 Å². The van der Waals surface area contributed by atoms with Crippen molar-refractivity contribution in [3.05, 3.63) is 28.7 Å². The van der Waals surface area contributed by atoms with Gasteiger partial charge in [0, 0.05) is 12.7 Å². The van der Waals surface area contributed by atoms with Crippen molar-refractivity contribution in [2.24, 2.45) is 5.73 Å². The van der Waals surface area contributed by atoms with E-state index in [1.807, 2.05) is 0 Å². The van der Waals surface area contributed by atoms with E-state index in [2.05, 4.69) is 15.5 Å². The van der Waals surface area contributed by atoms with E-state index in [-0.39, 0.29) is 47.5 Å². The van der Waals surface area contributed by atoms with Gasteiger partial charge in [0.1, 0.15) is 6.10 Å². The number of rotatable bonds is 4. The van der Waals surface area contributed by atoms with E-state index < -0.39 is 17.8 Å². The second-order valence-corrected chi connectivity index (χ2v) is 6.07. The van der Waals surface area contributed by atoms with E-state index in [0.29, 0.717) is 19.4 Å². The zero-order chi connectivity index (χ0) is 18.2. The number of carbonyl (C=O) groups is 1. The van der Waals surface area contributed by atoms with Gasteiger partial charge in [-0.3, -0.25) is 9.20 Å². The summed E-state index contributed by atoms with van der Waals surface area (Å²) in [4.78, 5) is 12.1. The van der Waals surface area contributed by atoms with Gasteiger partial charge >= 0.3 is 6.18 Å².